The number of urea groups is 1. The van der Waals surface area contributed by atoms with Crippen LogP contribution in [0.5, 0.6) is 5.75 Å². The van der Waals surface area contributed by atoms with Gasteiger partial charge in [0.25, 0.3) is 0 Å². The number of hydrogen-bond acceptors (Lipinski definition) is 3. The molecular formula is C24H21N3O3. The van der Waals surface area contributed by atoms with E-state index in [0.29, 0.717) is 11.4 Å². The third kappa shape index (κ3) is 4.50. The Bertz CT molecular complexity index is 1180. The van der Waals surface area contributed by atoms with Crippen molar-refractivity contribution in [1.29, 1.82) is 0 Å². The van der Waals surface area contributed by atoms with Gasteiger partial charge in [0.05, 0.1) is 6.54 Å². The maximum atomic E-state index is 12.4. The summed E-state index contributed by atoms with van der Waals surface area (Å²) >= 11 is 0. The van der Waals surface area contributed by atoms with E-state index < -0.39 is 6.03 Å². The number of amides is 2. The topological polar surface area (TPSA) is 86.4 Å². The van der Waals surface area contributed by atoms with Gasteiger partial charge in [-0.05, 0) is 47.5 Å². The fourth-order valence-electron chi connectivity index (χ4n) is 3.33. The summed E-state index contributed by atoms with van der Waals surface area (Å²) in [5.74, 6) is 0.613. The number of rotatable bonds is 7. The fourth-order valence-corrected chi connectivity index (χ4v) is 3.33. The predicted octanol–water partition coefficient (Wildman–Crippen LogP) is 4.45. The second kappa shape index (κ2) is 8.53. The lowest BCUT2D eigenvalue weighted by Crippen LogP contribution is -2.19. The lowest BCUT2D eigenvalue weighted by atomic mass is 10.1. The number of carbonyl (C=O) groups excluding carboxylic acids is 2. The van der Waals surface area contributed by atoms with Crippen molar-refractivity contribution in [3.8, 4) is 16.9 Å². The van der Waals surface area contributed by atoms with E-state index >= 15 is 0 Å². The molecular weight excluding hydrogens is 378 g/mol. The lowest BCUT2D eigenvalue weighted by molar-refractivity contribution is -0.121. The largest absolute Gasteiger partial charge is 0.486 e. The highest BCUT2D eigenvalue weighted by molar-refractivity contribution is 5.92. The van der Waals surface area contributed by atoms with Crippen molar-refractivity contribution in [1.82, 2.24) is 4.57 Å². The zero-order valence-electron chi connectivity index (χ0n) is 16.2. The minimum atomic E-state index is -0.613. The van der Waals surface area contributed by atoms with E-state index in [1.54, 1.807) is 6.07 Å². The van der Waals surface area contributed by atoms with E-state index in [2.05, 4.69) is 5.32 Å². The fraction of sp³-hybridized carbons (Fsp3) is 0.0833. The monoisotopic (exact) mass is 399 g/mol. The van der Waals surface area contributed by atoms with Crippen molar-refractivity contribution in [2.75, 3.05) is 11.9 Å². The molecule has 6 heteroatoms. The van der Waals surface area contributed by atoms with Gasteiger partial charge in [-0.25, -0.2) is 4.79 Å². The van der Waals surface area contributed by atoms with Gasteiger partial charge in [-0.15, -0.1) is 0 Å². The number of carbonyl (C=O) groups is 2. The summed E-state index contributed by atoms with van der Waals surface area (Å²) < 4.78 is 7.51. The molecule has 0 aliphatic carbocycles. The van der Waals surface area contributed by atoms with Gasteiger partial charge in [-0.1, -0.05) is 42.5 Å². The number of anilines is 1. The van der Waals surface area contributed by atoms with Crippen LogP contribution in [0.3, 0.4) is 0 Å². The average Bonchev–Trinajstić information content (AvgIpc) is 3.14. The summed E-state index contributed by atoms with van der Waals surface area (Å²) in [6, 6.07) is 24.5. The zero-order valence-corrected chi connectivity index (χ0v) is 16.2. The van der Waals surface area contributed by atoms with Crippen molar-refractivity contribution in [3.63, 3.8) is 0 Å². The number of nitrogens with two attached hydrogens (primary N) is 1. The SMILES string of the molecule is NC(=O)Nc1ccc2c(ccn2CC(=O)COc2ccc(-c3ccccc3)cc2)c1. The Balaban J connectivity index is 1.36. The summed E-state index contributed by atoms with van der Waals surface area (Å²) in [5.41, 5.74) is 8.88. The van der Waals surface area contributed by atoms with Gasteiger partial charge >= 0.3 is 6.03 Å². The van der Waals surface area contributed by atoms with Gasteiger partial charge in [-0.2, -0.15) is 0 Å². The van der Waals surface area contributed by atoms with Crippen LogP contribution in [0.15, 0.2) is 85.1 Å². The third-order valence-electron chi connectivity index (χ3n) is 4.75. The van der Waals surface area contributed by atoms with Crippen molar-refractivity contribution in [3.05, 3.63) is 85.1 Å². The lowest BCUT2D eigenvalue weighted by Gasteiger charge is -2.09. The van der Waals surface area contributed by atoms with E-state index in [1.165, 1.54) is 0 Å². The average molecular weight is 399 g/mol. The van der Waals surface area contributed by atoms with Crippen LogP contribution in [0.1, 0.15) is 0 Å². The van der Waals surface area contributed by atoms with Crippen molar-refractivity contribution < 1.29 is 14.3 Å². The van der Waals surface area contributed by atoms with Crippen molar-refractivity contribution >= 4 is 28.4 Å². The normalized spacial score (nSPS) is 10.7. The Labute approximate surface area is 173 Å². The van der Waals surface area contributed by atoms with Crippen LogP contribution in [0.4, 0.5) is 10.5 Å². The summed E-state index contributed by atoms with van der Waals surface area (Å²) in [4.78, 5) is 23.4. The molecule has 0 aliphatic rings. The third-order valence-corrected chi connectivity index (χ3v) is 4.75. The van der Waals surface area contributed by atoms with E-state index in [9.17, 15) is 9.59 Å². The maximum Gasteiger partial charge on any atom is 0.316 e. The summed E-state index contributed by atoms with van der Waals surface area (Å²) in [6.07, 6.45) is 1.84. The molecule has 150 valence electrons. The van der Waals surface area contributed by atoms with E-state index in [0.717, 1.165) is 22.0 Å². The predicted molar refractivity (Wildman–Crippen MR) is 118 cm³/mol. The molecule has 30 heavy (non-hydrogen) atoms. The van der Waals surface area contributed by atoms with E-state index in [4.69, 9.17) is 10.5 Å². The molecule has 1 aromatic heterocycles. The minimum absolute atomic E-state index is 0.00826. The smallest absolute Gasteiger partial charge is 0.316 e. The molecule has 0 bridgehead atoms. The number of fused-ring (bicyclic) bond motifs is 1. The Hall–Kier alpha value is -4.06. The molecule has 0 radical (unpaired) electrons. The quantitative estimate of drug-likeness (QED) is 0.481. The molecule has 1 heterocycles. The van der Waals surface area contributed by atoms with Gasteiger partial charge in [0.2, 0.25) is 0 Å². The standard InChI is InChI=1S/C24H21N3O3/c25-24(29)26-20-8-11-23-19(14-20)12-13-27(23)15-21(28)16-30-22-9-6-18(7-10-22)17-4-2-1-3-5-17/h1-14H,15-16H2,(H3,25,26,29). The van der Waals surface area contributed by atoms with Gasteiger partial charge in [0, 0.05) is 22.8 Å². The van der Waals surface area contributed by atoms with Crippen molar-refractivity contribution in [2.45, 2.75) is 6.54 Å². The molecule has 0 atom stereocenters. The van der Waals surface area contributed by atoms with Gasteiger partial charge in [0.15, 0.2) is 5.78 Å². The Kier molecular flexibility index (Phi) is 5.48. The number of primary amides is 1. The van der Waals surface area contributed by atoms with E-state index in [1.807, 2.05) is 83.6 Å². The minimum Gasteiger partial charge on any atom is -0.486 e. The first-order chi connectivity index (χ1) is 14.6. The van der Waals surface area contributed by atoms with Crippen LogP contribution in [-0.4, -0.2) is 23.0 Å². The summed E-state index contributed by atoms with van der Waals surface area (Å²) in [6.45, 7) is 0.194. The molecule has 0 unspecified atom stereocenters. The first-order valence-electron chi connectivity index (χ1n) is 9.54. The Morgan fingerprint density at radius 1 is 0.900 bits per heavy atom. The highest BCUT2D eigenvalue weighted by Gasteiger charge is 2.09. The van der Waals surface area contributed by atoms with Gasteiger partial charge < -0.3 is 20.4 Å². The number of Topliss-reactive ketones (excluding diaryl/α,β-unsaturated/α-hetero) is 1. The summed E-state index contributed by atoms with van der Waals surface area (Å²) in [5, 5.41) is 3.45. The highest BCUT2D eigenvalue weighted by Crippen LogP contribution is 2.23. The Morgan fingerprint density at radius 2 is 1.63 bits per heavy atom. The Morgan fingerprint density at radius 3 is 2.37 bits per heavy atom. The van der Waals surface area contributed by atoms with E-state index in [-0.39, 0.29) is 18.9 Å². The molecule has 3 N–H and O–H groups in total. The van der Waals surface area contributed by atoms with Crippen LogP contribution in [-0.2, 0) is 11.3 Å². The second-order valence-corrected chi connectivity index (χ2v) is 6.92. The second-order valence-electron chi connectivity index (χ2n) is 6.92. The number of ketones is 1. The molecule has 3 aromatic carbocycles. The van der Waals surface area contributed by atoms with Gasteiger partial charge in [0.1, 0.15) is 12.4 Å². The number of hydrogen-bond donors (Lipinski definition) is 2. The number of nitrogens with zero attached hydrogens (tertiary/aromatic N) is 1. The molecule has 0 aliphatic heterocycles. The van der Waals surface area contributed by atoms with Crippen LogP contribution < -0.4 is 15.8 Å². The number of ether oxygens (including phenoxy) is 1. The number of nitrogens with one attached hydrogen (secondary N) is 1. The van der Waals surface area contributed by atoms with Crippen molar-refractivity contribution in [2.24, 2.45) is 5.73 Å². The molecule has 6 nitrogen and oxygen atoms in total. The van der Waals surface area contributed by atoms with Crippen LogP contribution in [0.25, 0.3) is 22.0 Å². The molecule has 0 saturated heterocycles. The number of aromatic nitrogens is 1. The number of benzene rings is 3. The first kappa shape index (κ1) is 19.3. The molecule has 0 fully saturated rings. The maximum absolute atomic E-state index is 12.4. The van der Waals surface area contributed by atoms with Crippen LogP contribution >= 0.6 is 0 Å². The van der Waals surface area contributed by atoms with Gasteiger partial charge in [-0.3, -0.25) is 4.79 Å². The van der Waals surface area contributed by atoms with Crippen LogP contribution in [0, 0.1) is 0 Å². The zero-order chi connectivity index (χ0) is 20.9. The highest BCUT2D eigenvalue weighted by atomic mass is 16.5. The first-order valence-corrected chi connectivity index (χ1v) is 9.54. The molecule has 4 aromatic rings. The summed E-state index contributed by atoms with van der Waals surface area (Å²) in [7, 11) is 0. The molecule has 4 rings (SSSR count). The molecule has 2 amide bonds. The molecule has 0 spiro atoms. The molecule has 0 saturated carbocycles. The van der Waals surface area contributed by atoms with Crippen LogP contribution in [0.2, 0.25) is 0 Å².